The summed E-state index contributed by atoms with van der Waals surface area (Å²) in [6.45, 7) is 9.79. The van der Waals surface area contributed by atoms with E-state index in [1.165, 1.54) is 13.0 Å². The van der Waals surface area contributed by atoms with Crippen molar-refractivity contribution in [3.63, 3.8) is 0 Å². The molecule has 18 heavy (non-hydrogen) atoms. The maximum atomic E-state index is 5.70. The van der Waals surface area contributed by atoms with E-state index in [2.05, 4.69) is 42.5 Å². The lowest BCUT2D eigenvalue weighted by atomic mass is 10.3. The number of nitrogens with one attached hydrogen (secondary N) is 1. The van der Waals surface area contributed by atoms with E-state index in [4.69, 9.17) is 4.42 Å². The Morgan fingerprint density at radius 1 is 1.22 bits per heavy atom. The summed E-state index contributed by atoms with van der Waals surface area (Å²) >= 11 is 1.79. The van der Waals surface area contributed by atoms with Crippen LogP contribution in [0.4, 0.5) is 0 Å². The van der Waals surface area contributed by atoms with Crippen molar-refractivity contribution in [3.8, 4) is 0 Å². The van der Waals surface area contributed by atoms with Crippen LogP contribution in [-0.4, -0.2) is 37.3 Å². The smallest absolute Gasteiger partial charge is 0.117 e. The zero-order chi connectivity index (χ0) is 13.2. The minimum atomic E-state index is 0.840. The number of rotatable bonds is 10. The van der Waals surface area contributed by atoms with Crippen LogP contribution in [0.2, 0.25) is 0 Å². The van der Waals surface area contributed by atoms with Crippen molar-refractivity contribution in [3.05, 3.63) is 23.7 Å². The van der Waals surface area contributed by atoms with Crippen molar-refractivity contribution in [2.75, 3.05) is 32.4 Å². The molecule has 0 atom stereocenters. The first-order valence-electron chi connectivity index (χ1n) is 6.79. The third kappa shape index (κ3) is 5.94. The third-order valence-corrected chi connectivity index (χ3v) is 3.60. The van der Waals surface area contributed by atoms with Gasteiger partial charge in [0, 0.05) is 0 Å². The Balaban J connectivity index is 2.09. The van der Waals surface area contributed by atoms with Gasteiger partial charge in [0.1, 0.15) is 11.5 Å². The Hall–Kier alpha value is -0.450. The molecule has 1 N–H and O–H groups in total. The Labute approximate surface area is 115 Å². The molecule has 0 spiro atoms. The van der Waals surface area contributed by atoms with Crippen LogP contribution in [0.3, 0.4) is 0 Å². The van der Waals surface area contributed by atoms with Crippen LogP contribution in [0, 0.1) is 0 Å². The van der Waals surface area contributed by atoms with Gasteiger partial charge in [-0.15, -0.1) is 0 Å². The van der Waals surface area contributed by atoms with Gasteiger partial charge in [0.25, 0.3) is 0 Å². The summed E-state index contributed by atoms with van der Waals surface area (Å²) in [7, 11) is 0. The van der Waals surface area contributed by atoms with Gasteiger partial charge in [0.15, 0.2) is 0 Å². The number of thioether (sulfide) groups is 1. The second-order valence-electron chi connectivity index (χ2n) is 4.36. The van der Waals surface area contributed by atoms with E-state index >= 15 is 0 Å². The molecule has 0 unspecified atom stereocenters. The van der Waals surface area contributed by atoms with Crippen molar-refractivity contribution in [2.24, 2.45) is 0 Å². The fraction of sp³-hybridized carbons (Fsp3) is 0.714. The monoisotopic (exact) mass is 270 g/mol. The molecule has 1 rings (SSSR count). The molecule has 0 radical (unpaired) electrons. The topological polar surface area (TPSA) is 28.4 Å². The summed E-state index contributed by atoms with van der Waals surface area (Å²) in [6.07, 6.45) is 3.29. The highest BCUT2D eigenvalue weighted by Crippen LogP contribution is 2.13. The molecular weight excluding hydrogens is 244 g/mol. The first-order chi connectivity index (χ1) is 8.80. The summed E-state index contributed by atoms with van der Waals surface area (Å²) in [5.74, 6) is 3.08. The quantitative estimate of drug-likeness (QED) is 0.662. The zero-order valence-electron chi connectivity index (χ0n) is 11.9. The molecule has 0 saturated carbocycles. The summed E-state index contributed by atoms with van der Waals surface area (Å²) in [5.41, 5.74) is 0. The molecule has 104 valence electrons. The Morgan fingerprint density at radius 3 is 2.61 bits per heavy atom. The maximum absolute atomic E-state index is 5.70. The Bertz CT molecular complexity index is 310. The Kier molecular flexibility index (Phi) is 8.22. The fourth-order valence-electron chi connectivity index (χ4n) is 1.92. The maximum Gasteiger partial charge on any atom is 0.117 e. The van der Waals surface area contributed by atoms with Gasteiger partial charge in [-0.25, -0.2) is 0 Å². The lowest BCUT2D eigenvalue weighted by molar-refractivity contribution is 0.297. The summed E-state index contributed by atoms with van der Waals surface area (Å²) < 4.78 is 5.70. The van der Waals surface area contributed by atoms with Crippen LogP contribution in [-0.2, 0) is 12.3 Å². The number of hydrogen-bond donors (Lipinski definition) is 1. The average Bonchev–Trinajstić information content (AvgIpc) is 2.82. The third-order valence-electron chi connectivity index (χ3n) is 3.03. The van der Waals surface area contributed by atoms with E-state index in [-0.39, 0.29) is 0 Å². The molecular formula is C14H26N2OS. The van der Waals surface area contributed by atoms with Gasteiger partial charge < -0.3 is 14.6 Å². The van der Waals surface area contributed by atoms with Crippen LogP contribution >= 0.6 is 11.8 Å². The van der Waals surface area contributed by atoms with Gasteiger partial charge in [0.05, 0.1) is 12.3 Å². The van der Waals surface area contributed by atoms with Crippen LogP contribution in [0.1, 0.15) is 31.8 Å². The van der Waals surface area contributed by atoms with Gasteiger partial charge in [-0.1, -0.05) is 13.8 Å². The molecule has 0 amide bonds. The van der Waals surface area contributed by atoms with Crippen LogP contribution in [0.25, 0.3) is 0 Å². The predicted octanol–water partition coefficient (Wildman–Crippen LogP) is 2.96. The number of nitrogens with zero attached hydrogens (tertiary/aromatic N) is 1. The van der Waals surface area contributed by atoms with Crippen LogP contribution in [0.15, 0.2) is 16.5 Å². The molecule has 0 aliphatic rings. The SMILES string of the molecule is CCN(CC)CCCNCc1ccc(CSC)o1. The largest absolute Gasteiger partial charge is 0.464 e. The molecule has 1 aromatic heterocycles. The molecule has 3 nitrogen and oxygen atoms in total. The minimum Gasteiger partial charge on any atom is -0.464 e. The highest BCUT2D eigenvalue weighted by atomic mass is 32.2. The molecule has 0 saturated heterocycles. The van der Waals surface area contributed by atoms with E-state index in [9.17, 15) is 0 Å². The lowest BCUT2D eigenvalue weighted by Gasteiger charge is -2.17. The van der Waals surface area contributed by atoms with E-state index in [0.717, 1.165) is 43.5 Å². The first-order valence-corrected chi connectivity index (χ1v) is 8.19. The predicted molar refractivity (Wildman–Crippen MR) is 80.0 cm³/mol. The molecule has 0 fully saturated rings. The normalized spacial score (nSPS) is 11.3. The number of furan rings is 1. The van der Waals surface area contributed by atoms with E-state index < -0.39 is 0 Å². The van der Waals surface area contributed by atoms with Gasteiger partial charge in [0.2, 0.25) is 0 Å². The van der Waals surface area contributed by atoms with Crippen LogP contribution in [0.5, 0.6) is 0 Å². The molecule has 0 aliphatic heterocycles. The van der Waals surface area contributed by atoms with Crippen molar-refractivity contribution in [1.82, 2.24) is 10.2 Å². The first kappa shape index (κ1) is 15.6. The van der Waals surface area contributed by atoms with Crippen molar-refractivity contribution in [1.29, 1.82) is 0 Å². The minimum absolute atomic E-state index is 0.840. The van der Waals surface area contributed by atoms with Crippen molar-refractivity contribution < 1.29 is 4.42 Å². The van der Waals surface area contributed by atoms with Gasteiger partial charge in [-0.3, -0.25) is 0 Å². The lowest BCUT2D eigenvalue weighted by Crippen LogP contribution is -2.27. The highest BCUT2D eigenvalue weighted by Gasteiger charge is 2.01. The molecule has 1 heterocycles. The van der Waals surface area contributed by atoms with E-state index in [1.807, 2.05) is 0 Å². The summed E-state index contributed by atoms with van der Waals surface area (Å²) in [6, 6.07) is 4.15. The molecule has 0 aromatic carbocycles. The van der Waals surface area contributed by atoms with Gasteiger partial charge in [-0.05, 0) is 51.0 Å². The zero-order valence-corrected chi connectivity index (χ0v) is 12.7. The second-order valence-corrected chi connectivity index (χ2v) is 5.22. The fourth-order valence-corrected chi connectivity index (χ4v) is 2.36. The molecule has 4 heteroatoms. The average molecular weight is 270 g/mol. The summed E-state index contributed by atoms with van der Waals surface area (Å²) in [5, 5.41) is 3.43. The molecule has 1 aromatic rings. The van der Waals surface area contributed by atoms with E-state index in [0.29, 0.717) is 0 Å². The van der Waals surface area contributed by atoms with Gasteiger partial charge in [-0.2, -0.15) is 11.8 Å². The Morgan fingerprint density at radius 2 is 1.94 bits per heavy atom. The van der Waals surface area contributed by atoms with E-state index in [1.54, 1.807) is 11.8 Å². The van der Waals surface area contributed by atoms with Crippen molar-refractivity contribution in [2.45, 2.75) is 32.6 Å². The van der Waals surface area contributed by atoms with Gasteiger partial charge >= 0.3 is 0 Å². The summed E-state index contributed by atoms with van der Waals surface area (Å²) in [4.78, 5) is 2.45. The molecule has 0 aliphatic carbocycles. The highest BCUT2D eigenvalue weighted by molar-refractivity contribution is 7.97. The second kappa shape index (κ2) is 9.48. The van der Waals surface area contributed by atoms with Crippen LogP contribution < -0.4 is 5.32 Å². The standard InChI is InChI=1S/C14H26N2OS/c1-4-16(5-2)10-6-9-15-11-13-7-8-14(17-13)12-18-3/h7-8,15H,4-6,9-12H2,1-3H3. The molecule has 0 bridgehead atoms. The van der Waals surface area contributed by atoms with Crippen molar-refractivity contribution >= 4 is 11.8 Å². The number of hydrogen-bond acceptors (Lipinski definition) is 4.